The third-order valence-electron chi connectivity index (χ3n) is 3.46. The summed E-state index contributed by atoms with van der Waals surface area (Å²) in [6, 6.07) is 8.12. The molecule has 0 aliphatic carbocycles. The largest absolute Gasteiger partial charge is 0.357 e. The topological polar surface area (TPSA) is 90.9 Å². The number of nitrogens with zero attached hydrogens (tertiary/aromatic N) is 4. The zero-order valence-corrected chi connectivity index (χ0v) is 15.1. The molecule has 0 atom stereocenters. The summed E-state index contributed by atoms with van der Waals surface area (Å²) in [7, 11) is 0. The van der Waals surface area contributed by atoms with E-state index in [0.29, 0.717) is 13.1 Å². The van der Waals surface area contributed by atoms with Crippen LogP contribution in [0.15, 0.2) is 41.8 Å². The van der Waals surface area contributed by atoms with Crippen molar-refractivity contribution >= 4 is 17.3 Å². The second-order valence-corrected chi connectivity index (χ2v) is 6.77. The van der Waals surface area contributed by atoms with Crippen molar-refractivity contribution < 1.29 is 0 Å². The SMILES string of the molecule is CCNC(=NCc1cccc(-c2ncn[nH]2)c1)NCc1ncc(C)s1. The quantitative estimate of drug-likeness (QED) is 0.467. The summed E-state index contributed by atoms with van der Waals surface area (Å²) in [4.78, 5) is 14.4. The van der Waals surface area contributed by atoms with Gasteiger partial charge in [-0.05, 0) is 25.5 Å². The number of hydrogen-bond acceptors (Lipinski definition) is 5. The highest BCUT2D eigenvalue weighted by Gasteiger charge is 2.04. The van der Waals surface area contributed by atoms with Crippen molar-refractivity contribution in [2.75, 3.05) is 6.54 Å². The van der Waals surface area contributed by atoms with Crippen LogP contribution in [-0.2, 0) is 13.1 Å². The predicted octanol–water partition coefficient (Wildman–Crippen LogP) is 2.49. The number of hydrogen-bond donors (Lipinski definition) is 3. The Morgan fingerprint density at radius 3 is 2.92 bits per heavy atom. The van der Waals surface area contributed by atoms with Gasteiger partial charge in [-0.25, -0.2) is 15.0 Å². The Labute approximate surface area is 150 Å². The van der Waals surface area contributed by atoms with E-state index >= 15 is 0 Å². The Kier molecular flexibility index (Phi) is 5.73. The average molecular weight is 355 g/mol. The summed E-state index contributed by atoms with van der Waals surface area (Å²) in [6.07, 6.45) is 3.40. The molecule has 0 spiro atoms. The molecule has 0 aliphatic heterocycles. The molecular formula is C17H21N7S. The molecule has 0 radical (unpaired) electrons. The number of benzene rings is 1. The van der Waals surface area contributed by atoms with E-state index in [1.165, 1.54) is 11.2 Å². The molecular weight excluding hydrogens is 334 g/mol. The molecule has 0 amide bonds. The van der Waals surface area contributed by atoms with Crippen LogP contribution in [0.25, 0.3) is 11.4 Å². The van der Waals surface area contributed by atoms with Gasteiger partial charge in [0, 0.05) is 23.2 Å². The van der Waals surface area contributed by atoms with Crippen molar-refractivity contribution in [1.29, 1.82) is 0 Å². The first kappa shape index (κ1) is 17.1. The number of H-pyrrole nitrogens is 1. The van der Waals surface area contributed by atoms with Gasteiger partial charge < -0.3 is 10.6 Å². The molecule has 7 nitrogen and oxygen atoms in total. The van der Waals surface area contributed by atoms with E-state index in [1.54, 1.807) is 11.3 Å². The Balaban J connectivity index is 1.65. The monoisotopic (exact) mass is 355 g/mol. The van der Waals surface area contributed by atoms with E-state index < -0.39 is 0 Å². The fraction of sp³-hybridized carbons (Fsp3) is 0.294. The van der Waals surface area contributed by atoms with Crippen LogP contribution >= 0.6 is 11.3 Å². The third-order valence-corrected chi connectivity index (χ3v) is 4.37. The van der Waals surface area contributed by atoms with Crippen molar-refractivity contribution in [2.24, 2.45) is 4.99 Å². The highest BCUT2D eigenvalue weighted by molar-refractivity contribution is 7.11. The molecule has 130 valence electrons. The highest BCUT2D eigenvalue weighted by Crippen LogP contribution is 2.16. The smallest absolute Gasteiger partial charge is 0.191 e. The van der Waals surface area contributed by atoms with E-state index in [2.05, 4.69) is 61.8 Å². The zero-order valence-electron chi connectivity index (χ0n) is 14.3. The molecule has 1 aromatic carbocycles. The molecule has 3 aromatic rings. The molecule has 3 rings (SSSR count). The van der Waals surface area contributed by atoms with E-state index in [1.807, 2.05) is 18.3 Å². The molecule has 0 saturated carbocycles. The molecule has 0 aliphatic rings. The number of guanidine groups is 1. The van der Waals surface area contributed by atoms with Crippen LogP contribution in [0, 0.1) is 6.92 Å². The van der Waals surface area contributed by atoms with Gasteiger partial charge in [-0.15, -0.1) is 11.3 Å². The fourth-order valence-corrected chi connectivity index (χ4v) is 3.04. The standard InChI is InChI=1S/C17H21N7S/c1-3-18-17(21-10-15-19-8-12(2)25-15)20-9-13-5-4-6-14(7-13)16-22-11-23-24-16/h4-8,11H,3,9-10H2,1-2H3,(H2,18,20,21)(H,22,23,24). The van der Waals surface area contributed by atoms with Gasteiger partial charge in [0.1, 0.15) is 11.3 Å². The van der Waals surface area contributed by atoms with E-state index in [-0.39, 0.29) is 0 Å². The number of aryl methyl sites for hydroxylation is 1. The number of rotatable bonds is 6. The van der Waals surface area contributed by atoms with Gasteiger partial charge in [0.15, 0.2) is 11.8 Å². The molecule has 3 N–H and O–H groups in total. The lowest BCUT2D eigenvalue weighted by Crippen LogP contribution is -2.36. The number of aliphatic imine (C=N–C) groups is 1. The Morgan fingerprint density at radius 1 is 1.28 bits per heavy atom. The minimum atomic E-state index is 0.578. The Hall–Kier alpha value is -2.74. The van der Waals surface area contributed by atoms with Crippen molar-refractivity contribution in [1.82, 2.24) is 30.8 Å². The summed E-state index contributed by atoms with van der Waals surface area (Å²) >= 11 is 1.69. The maximum Gasteiger partial charge on any atom is 0.191 e. The van der Waals surface area contributed by atoms with Gasteiger partial charge in [0.05, 0.1) is 13.1 Å². The van der Waals surface area contributed by atoms with Gasteiger partial charge in [0.25, 0.3) is 0 Å². The number of aromatic amines is 1. The van der Waals surface area contributed by atoms with Crippen molar-refractivity contribution in [3.8, 4) is 11.4 Å². The first-order valence-electron chi connectivity index (χ1n) is 8.12. The Morgan fingerprint density at radius 2 is 2.20 bits per heavy atom. The second-order valence-electron chi connectivity index (χ2n) is 5.45. The number of nitrogens with one attached hydrogen (secondary N) is 3. The number of thiazole rings is 1. The predicted molar refractivity (Wildman–Crippen MR) is 100 cm³/mol. The lowest BCUT2D eigenvalue weighted by Gasteiger charge is -2.10. The highest BCUT2D eigenvalue weighted by atomic mass is 32.1. The van der Waals surface area contributed by atoms with Crippen LogP contribution in [0.1, 0.15) is 22.4 Å². The normalized spacial score (nSPS) is 11.5. The van der Waals surface area contributed by atoms with Crippen LogP contribution in [0.3, 0.4) is 0 Å². The molecule has 2 heterocycles. The summed E-state index contributed by atoms with van der Waals surface area (Å²) in [5, 5.41) is 14.4. The molecule has 0 bridgehead atoms. The van der Waals surface area contributed by atoms with Gasteiger partial charge in [-0.3, -0.25) is 5.10 Å². The number of aromatic nitrogens is 4. The minimum absolute atomic E-state index is 0.578. The summed E-state index contributed by atoms with van der Waals surface area (Å²) in [5.41, 5.74) is 2.11. The van der Waals surface area contributed by atoms with E-state index in [4.69, 9.17) is 0 Å². The maximum absolute atomic E-state index is 4.65. The van der Waals surface area contributed by atoms with Crippen LogP contribution < -0.4 is 10.6 Å². The Bertz CT molecular complexity index is 823. The first-order valence-corrected chi connectivity index (χ1v) is 8.94. The second kappa shape index (κ2) is 8.39. The van der Waals surface area contributed by atoms with Gasteiger partial charge in [-0.2, -0.15) is 5.10 Å². The van der Waals surface area contributed by atoms with E-state index in [9.17, 15) is 0 Å². The fourth-order valence-electron chi connectivity index (χ4n) is 2.32. The van der Waals surface area contributed by atoms with E-state index in [0.717, 1.165) is 34.5 Å². The summed E-state index contributed by atoms with van der Waals surface area (Å²) < 4.78 is 0. The van der Waals surface area contributed by atoms with Gasteiger partial charge >= 0.3 is 0 Å². The third kappa shape index (κ3) is 4.87. The van der Waals surface area contributed by atoms with Crippen molar-refractivity contribution in [2.45, 2.75) is 26.9 Å². The molecule has 0 saturated heterocycles. The lowest BCUT2D eigenvalue weighted by atomic mass is 10.1. The van der Waals surface area contributed by atoms with Crippen LogP contribution in [0.4, 0.5) is 0 Å². The van der Waals surface area contributed by atoms with Gasteiger partial charge in [0.2, 0.25) is 0 Å². The molecule has 8 heteroatoms. The van der Waals surface area contributed by atoms with Crippen LogP contribution in [-0.4, -0.2) is 32.7 Å². The molecule has 0 unspecified atom stereocenters. The van der Waals surface area contributed by atoms with Crippen LogP contribution in [0.5, 0.6) is 0 Å². The molecule has 2 aromatic heterocycles. The average Bonchev–Trinajstić information content (AvgIpc) is 3.29. The zero-order chi connectivity index (χ0) is 17.5. The van der Waals surface area contributed by atoms with Crippen LogP contribution in [0.2, 0.25) is 0 Å². The lowest BCUT2D eigenvalue weighted by molar-refractivity contribution is 0.811. The molecule has 25 heavy (non-hydrogen) atoms. The summed E-state index contributed by atoms with van der Waals surface area (Å²) in [6.45, 7) is 6.16. The first-order chi connectivity index (χ1) is 12.2. The molecule has 0 fully saturated rings. The van der Waals surface area contributed by atoms with Crippen molar-refractivity contribution in [3.63, 3.8) is 0 Å². The van der Waals surface area contributed by atoms with Crippen molar-refractivity contribution in [3.05, 3.63) is 52.2 Å². The summed E-state index contributed by atoms with van der Waals surface area (Å²) in [5.74, 6) is 1.54. The van der Waals surface area contributed by atoms with Gasteiger partial charge in [-0.1, -0.05) is 18.2 Å². The minimum Gasteiger partial charge on any atom is -0.357 e. The maximum atomic E-state index is 4.65.